The molecule has 0 spiro atoms. The minimum atomic E-state index is 0.303. The third-order valence-corrected chi connectivity index (χ3v) is 10.0. The number of hydrogen-bond donors (Lipinski definition) is 0. The van der Waals surface area contributed by atoms with E-state index in [1.807, 2.05) is 0 Å². The SMILES string of the molecule is CC1CCC2(C)C(CCC3C2CCC2(C)C(C(=O)CBr)CCC32)C1. The average Bonchev–Trinajstić information content (AvgIpc) is 2.92. The summed E-state index contributed by atoms with van der Waals surface area (Å²) >= 11 is 3.44. The van der Waals surface area contributed by atoms with E-state index in [0.29, 0.717) is 27.9 Å². The highest BCUT2D eigenvalue weighted by Crippen LogP contribution is 2.67. The molecule has 0 amide bonds. The molecule has 0 aromatic heterocycles. The first kappa shape index (κ1) is 17.6. The van der Waals surface area contributed by atoms with E-state index in [4.69, 9.17) is 0 Å². The number of rotatable bonds is 2. The summed E-state index contributed by atoms with van der Waals surface area (Å²) < 4.78 is 0. The summed E-state index contributed by atoms with van der Waals surface area (Å²) in [5.74, 6) is 5.41. The van der Waals surface area contributed by atoms with Gasteiger partial charge < -0.3 is 0 Å². The summed E-state index contributed by atoms with van der Waals surface area (Å²) in [6.07, 6.45) is 12.5. The highest BCUT2D eigenvalue weighted by molar-refractivity contribution is 9.09. The van der Waals surface area contributed by atoms with Crippen LogP contribution in [0.2, 0.25) is 0 Å². The van der Waals surface area contributed by atoms with E-state index >= 15 is 0 Å². The number of carbonyl (C=O) groups excluding carboxylic acids is 1. The maximum absolute atomic E-state index is 12.5. The van der Waals surface area contributed by atoms with Gasteiger partial charge in [0.2, 0.25) is 0 Å². The molecular formula is C22H35BrO. The Morgan fingerprint density at radius 3 is 2.42 bits per heavy atom. The molecule has 8 unspecified atom stereocenters. The lowest BCUT2D eigenvalue weighted by molar-refractivity contribution is -0.134. The zero-order chi connectivity index (χ0) is 17.1. The normalized spacial score (nSPS) is 53.8. The second kappa shape index (κ2) is 6.10. The Hall–Kier alpha value is 0.150. The van der Waals surface area contributed by atoms with Crippen molar-refractivity contribution >= 4 is 21.7 Å². The van der Waals surface area contributed by atoms with Crippen molar-refractivity contribution in [3.8, 4) is 0 Å². The second-order valence-corrected chi connectivity index (χ2v) is 10.9. The number of alkyl halides is 1. The fourth-order valence-corrected chi connectivity index (χ4v) is 8.49. The van der Waals surface area contributed by atoms with Crippen LogP contribution >= 0.6 is 15.9 Å². The van der Waals surface area contributed by atoms with E-state index in [2.05, 4.69) is 36.7 Å². The van der Waals surface area contributed by atoms with Crippen LogP contribution in [0.15, 0.2) is 0 Å². The molecule has 1 nitrogen and oxygen atoms in total. The third-order valence-electron chi connectivity index (χ3n) is 9.45. The maximum atomic E-state index is 12.5. The monoisotopic (exact) mass is 394 g/mol. The smallest absolute Gasteiger partial charge is 0.147 e. The highest BCUT2D eigenvalue weighted by Gasteiger charge is 2.60. The van der Waals surface area contributed by atoms with Crippen LogP contribution in [0.3, 0.4) is 0 Å². The van der Waals surface area contributed by atoms with Gasteiger partial charge in [0.05, 0.1) is 5.33 Å². The van der Waals surface area contributed by atoms with E-state index in [1.54, 1.807) is 0 Å². The molecule has 0 radical (unpaired) electrons. The first-order valence-corrected chi connectivity index (χ1v) is 11.6. The Morgan fingerprint density at radius 2 is 1.67 bits per heavy atom. The minimum absolute atomic E-state index is 0.303. The number of Topliss-reactive ketones (excluding diaryl/α,β-unsaturated/α-hetero) is 1. The predicted molar refractivity (Wildman–Crippen MR) is 103 cm³/mol. The average molecular weight is 395 g/mol. The van der Waals surface area contributed by atoms with Gasteiger partial charge in [-0.3, -0.25) is 4.79 Å². The van der Waals surface area contributed by atoms with Crippen molar-refractivity contribution in [2.45, 2.75) is 78.6 Å². The van der Waals surface area contributed by atoms with Gasteiger partial charge in [-0.05, 0) is 91.8 Å². The zero-order valence-corrected chi connectivity index (χ0v) is 17.4. The first-order chi connectivity index (χ1) is 11.4. The van der Waals surface area contributed by atoms with Crippen molar-refractivity contribution in [3.05, 3.63) is 0 Å². The lowest BCUT2D eigenvalue weighted by atomic mass is 9.44. The molecule has 0 bridgehead atoms. The molecule has 0 saturated heterocycles. The summed E-state index contributed by atoms with van der Waals surface area (Å²) in [7, 11) is 0. The molecule has 2 heteroatoms. The van der Waals surface area contributed by atoms with Gasteiger partial charge in [0.15, 0.2) is 0 Å². The van der Waals surface area contributed by atoms with Crippen LogP contribution in [0.25, 0.3) is 0 Å². The summed E-state index contributed by atoms with van der Waals surface area (Å²) in [6, 6.07) is 0. The molecule has 0 aromatic carbocycles. The van der Waals surface area contributed by atoms with E-state index in [1.165, 1.54) is 51.4 Å². The van der Waals surface area contributed by atoms with Crippen LogP contribution in [0.1, 0.15) is 78.6 Å². The van der Waals surface area contributed by atoms with Gasteiger partial charge in [0.25, 0.3) is 0 Å². The molecule has 8 atom stereocenters. The van der Waals surface area contributed by atoms with Gasteiger partial charge in [-0.2, -0.15) is 0 Å². The van der Waals surface area contributed by atoms with Gasteiger partial charge in [-0.15, -0.1) is 0 Å². The number of hydrogen-bond acceptors (Lipinski definition) is 1. The molecule has 4 aliphatic rings. The van der Waals surface area contributed by atoms with E-state index in [0.717, 1.165) is 36.0 Å². The maximum Gasteiger partial charge on any atom is 0.147 e. The summed E-state index contributed by atoms with van der Waals surface area (Å²) in [5, 5.41) is 0.561. The van der Waals surface area contributed by atoms with E-state index < -0.39 is 0 Å². The predicted octanol–water partition coefficient (Wildman–Crippen LogP) is 6.25. The standard InChI is InChI=1S/C22H35BrO/c1-14-8-10-21(2)15(12-14)4-5-16-17-6-7-19(20(24)13-23)22(17,3)11-9-18(16)21/h14-19H,4-13H2,1-3H3. The van der Waals surface area contributed by atoms with Gasteiger partial charge in [0.1, 0.15) is 5.78 Å². The van der Waals surface area contributed by atoms with Crippen LogP contribution in [0.5, 0.6) is 0 Å². The van der Waals surface area contributed by atoms with Gasteiger partial charge >= 0.3 is 0 Å². The largest absolute Gasteiger partial charge is 0.298 e. The molecule has 4 rings (SSSR count). The fourth-order valence-electron chi connectivity index (χ4n) is 8.09. The van der Waals surface area contributed by atoms with Crippen LogP contribution in [-0.4, -0.2) is 11.1 Å². The Kier molecular flexibility index (Phi) is 4.46. The molecule has 0 N–H and O–H groups in total. The van der Waals surface area contributed by atoms with Crippen LogP contribution < -0.4 is 0 Å². The Labute approximate surface area is 156 Å². The molecule has 0 aliphatic heterocycles. The van der Waals surface area contributed by atoms with Gasteiger partial charge in [-0.1, -0.05) is 43.1 Å². The first-order valence-electron chi connectivity index (χ1n) is 10.5. The molecule has 4 saturated carbocycles. The second-order valence-electron chi connectivity index (χ2n) is 10.3. The van der Waals surface area contributed by atoms with Gasteiger partial charge in [0, 0.05) is 5.92 Å². The van der Waals surface area contributed by atoms with Crippen molar-refractivity contribution in [1.82, 2.24) is 0 Å². The van der Waals surface area contributed by atoms with Crippen LogP contribution in [-0.2, 0) is 4.79 Å². The van der Waals surface area contributed by atoms with Crippen molar-refractivity contribution in [2.24, 2.45) is 46.3 Å². The molecule has 4 fully saturated rings. The minimum Gasteiger partial charge on any atom is -0.298 e. The highest BCUT2D eigenvalue weighted by atomic mass is 79.9. The fraction of sp³-hybridized carbons (Fsp3) is 0.955. The van der Waals surface area contributed by atoms with Crippen LogP contribution in [0.4, 0.5) is 0 Å². The van der Waals surface area contributed by atoms with Gasteiger partial charge in [-0.25, -0.2) is 0 Å². The molecule has 0 heterocycles. The number of halogens is 1. The van der Waals surface area contributed by atoms with Crippen molar-refractivity contribution in [3.63, 3.8) is 0 Å². The van der Waals surface area contributed by atoms with Crippen molar-refractivity contribution < 1.29 is 4.79 Å². The van der Waals surface area contributed by atoms with E-state index in [9.17, 15) is 4.79 Å². The third kappa shape index (κ3) is 2.41. The van der Waals surface area contributed by atoms with E-state index in [-0.39, 0.29) is 0 Å². The van der Waals surface area contributed by atoms with Crippen LogP contribution in [0, 0.1) is 46.3 Å². The summed E-state index contributed by atoms with van der Waals surface area (Å²) in [5.41, 5.74) is 0.908. The summed E-state index contributed by atoms with van der Waals surface area (Å²) in [4.78, 5) is 12.5. The number of fused-ring (bicyclic) bond motifs is 5. The topological polar surface area (TPSA) is 17.1 Å². The summed E-state index contributed by atoms with van der Waals surface area (Å²) in [6.45, 7) is 7.60. The lowest BCUT2D eigenvalue weighted by Crippen LogP contribution is -2.53. The molecule has 4 aliphatic carbocycles. The number of carbonyl (C=O) groups is 1. The molecule has 136 valence electrons. The van der Waals surface area contributed by atoms with Crippen molar-refractivity contribution in [2.75, 3.05) is 5.33 Å². The Morgan fingerprint density at radius 1 is 0.958 bits per heavy atom. The Bertz CT molecular complexity index is 516. The molecular weight excluding hydrogens is 360 g/mol. The Balaban J connectivity index is 1.60. The molecule has 0 aromatic rings. The zero-order valence-electron chi connectivity index (χ0n) is 15.8. The lowest BCUT2D eigenvalue weighted by Gasteiger charge is -2.61. The number of ketones is 1. The van der Waals surface area contributed by atoms with Crippen molar-refractivity contribution in [1.29, 1.82) is 0 Å². The quantitative estimate of drug-likeness (QED) is 0.506. The molecule has 24 heavy (non-hydrogen) atoms.